The van der Waals surface area contributed by atoms with Crippen LogP contribution in [0.1, 0.15) is 43.6 Å². The molecule has 0 aliphatic carbocycles. The third-order valence-electron chi connectivity index (χ3n) is 3.79. The van der Waals surface area contributed by atoms with Gasteiger partial charge in [-0.05, 0) is 27.7 Å². The van der Waals surface area contributed by atoms with E-state index in [1.54, 1.807) is 0 Å². The van der Waals surface area contributed by atoms with Gasteiger partial charge >= 0.3 is 5.97 Å². The van der Waals surface area contributed by atoms with Crippen LogP contribution in [0.25, 0.3) is 0 Å². The molecule has 0 fully saturated rings. The fourth-order valence-corrected chi connectivity index (χ4v) is 5.12. The summed E-state index contributed by atoms with van der Waals surface area (Å²) in [6.45, 7) is 6.42. The van der Waals surface area contributed by atoms with Crippen molar-refractivity contribution < 1.29 is 34.3 Å². The summed E-state index contributed by atoms with van der Waals surface area (Å²) in [6, 6.07) is 0. The number of fused-ring (bicyclic) bond motifs is 2. The molecule has 1 aromatic carbocycles. The second-order valence-corrected chi connectivity index (χ2v) is 10.2. The first-order chi connectivity index (χ1) is 12.1. The van der Waals surface area contributed by atoms with Gasteiger partial charge < -0.3 is 29.5 Å². The van der Waals surface area contributed by atoms with Crippen LogP contribution in [0.2, 0.25) is 0 Å². The lowest BCUT2D eigenvalue weighted by atomic mass is 10.1. The summed E-state index contributed by atoms with van der Waals surface area (Å²) < 4.78 is 17.1. The zero-order valence-corrected chi connectivity index (χ0v) is 16.6. The zero-order chi connectivity index (χ0) is 19.3. The topological polar surface area (TPSA) is 105 Å². The number of carbonyl (C=O) groups excluding carboxylic acids is 1. The molecule has 0 radical (unpaired) electrons. The molecule has 0 amide bonds. The number of hydrogen-bond acceptors (Lipinski definition) is 9. The Balaban J connectivity index is 2.11. The molecule has 0 saturated heterocycles. The van der Waals surface area contributed by atoms with Crippen molar-refractivity contribution in [2.24, 2.45) is 0 Å². The van der Waals surface area contributed by atoms with Crippen LogP contribution in [0.3, 0.4) is 0 Å². The number of benzene rings is 1. The minimum Gasteiger partial charge on any atom is -0.475 e. The molecule has 3 N–H and O–H groups in total. The van der Waals surface area contributed by atoms with Gasteiger partial charge in [0, 0.05) is 5.56 Å². The Kier molecular flexibility index (Phi) is 5.13. The molecule has 7 nitrogen and oxygen atoms in total. The largest absolute Gasteiger partial charge is 0.475 e. The summed E-state index contributed by atoms with van der Waals surface area (Å²) in [5, 5.41) is 28.3. The van der Waals surface area contributed by atoms with Crippen LogP contribution in [-0.2, 0) is 11.3 Å². The Labute approximate surface area is 160 Å². The maximum atomic E-state index is 12.8. The Hall–Kier alpha value is -1.13. The van der Waals surface area contributed by atoms with Gasteiger partial charge in [-0.3, -0.25) is 0 Å². The van der Waals surface area contributed by atoms with Crippen molar-refractivity contribution >= 4 is 29.5 Å². The summed E-state index contributed by atoms with van der Waals surface area (Å²) in [5.74, 6) is -0.0553. The number of aliphatic hydroxyl groups excluding tert-OH is 3. The first-order valence-electron chi connectivity index (χ1n) is 8.14. The van der Waals surface area contributed by atoms with Gasteiger partial charge in [-0.2, -0.15) is 0 Å². The summed E-state index contributed by atoms with van der Waals surface area (Å²) in [4.78, 5) is 12.9. The lowest BCUT2D eigenvalue weighted by molar-refractivity contribution is 0.00851. The molecule has 0 saturated carbocycles. The van der Waals surface area contributed by atoms with Gasteiger partial charge in [-0.25, -0.2) is 4.79 Å². The summed E-state index contributed by atoms with van der Waals surface area (Å²) >= 11 is 2.85. The molecule has 0 spiro atoms. The number of hydrogen-bond donors (Lipinski definition) is 3. The molecular weight excluding hydrogens is 380 g/mol. The molecule has 0 bridgehead atoms. The first-order valence-corrected chi connectivity index (χ1v) is 9.77. The average molecular weight is 402 g/mol. The molecule has 0 aromatic heterocycles. The van der Waals surface area contributed by atoms with Crippen LogP contribution in [0, 0.1) is 0 Å². The Morgan fingerprint density at radius 2 is 1.58 bits per heavy atom. The molecule has 1 unspecified atom stereocenters. The van der Waals surface area contributed by atoms with Crippen molar-refractivity contribution in [1.29, 1.82) is 0 Å². The third-order valence-corrected chi connectivity index (χ3v) is 6.21. The van der Waals surface area contributed by atoms with E-state index in [0.29, 0.717) is 26.9 Å². The molecule has 2 aliphatic rings. The van der Waals surface area contributed by atoms with Crippen LogP contribution < -0.4 is 9.47 Å². The quantitative estimate of drug-likeness (QED) is 0.639. The fourth-order valence-electron chi connectivity index (χ4n) is 2.77. The molecule has 2 heterocycles. The number of aliphatic hydroxyl groups is 3. The predicted molar refractivity (Wildman–Crippen MR) is 96.9 cm³/mol. The maximum absolute atomic E-state index is 12.8. The van der Waals surface area contributed by atoms with Crippen molar-refractivity contribution in [3.63, 3.8) is 0 Å². The lowest BCUT2D eigenvalue weighted by Crippen LogP contribution is -2.24. The highest BCUT2D eigenvalue weighted by Gasteiger charge is 2.45. The predicted octanol–water partition coefficient (Wildman–Crippen LogP) is 2.13. The second-order valence-electron chi connectivity index (χ2n) is 6.97. The van der Waals surface area contributed by atoms with E-state index >= 15 is 0 Å². The first kappa shape index (κ1) is 19.6. The van der Waals surface area contributed by atoms with E-state index < -0.39 is 28.5 Å². The monoisotopic (exact) mass is 402 g/mol. The number of carbonyl (C=O) groups is 1. The lowest BCUT2D eigenvalue weighted by Gasteiger charge is -2.19. The van der Waals surface area contributed by atoms with E-state index in [9.17, 15) is 15.0 Å². The minimum atomic E-state index is -1.16. The summed E-state index contributed by atoms with van der Waals surface area (Å²) in [7, 11) is 0. The molecule has 9 heteroatoms. The third kappa shape index (κ3) is 3.50. The van der Waals surface area contributed by atoms with Gasteiger partial charge in [0.05, 0.1) is 23.0 Å². The normalized spacial score (nSPS) is 20.0. The molecule has 3 rings (SSSR count). The molecular formula is C17H22O7S2. The average Bonchev–Trinajstić information content (AvgIpc) is 3.03. The maximum Gasteiger partial charge on any atom is 0.345 e. The number of rotatable bonds is 5. The van der Waals surface area contributed by atoms with Crippen molar-refractivity contribution in [3.05, 3.63) is 11.1 Å². The molecule has 26 heavy (non-hydrogen) atoms. The Morgan fingerprint density at radius 1 is 1.08 bits per heavy atom. The molecule has 1 aromatic rings. The van der Waals surface area contributed by atoms with Gasteiger partial charge in [-0.1, -0.05) is 23.5 Å². The smallest absolute Gasteiger partial charge is 0.345 e. The fraction of sp³-hybridized carbons (Fsp3) is 0.588. The van der Waals surface area contributed by atoms with E-state index in [2.05, 4.69) is 0 Å². The van der Waals surface area contributed by atoms with E-state index in [1.807, 2.05) is 27.7 Å². The molecule has 2 aliphatic heterocycles. The van der Waals surface area contributed by atoms with Crippen LogP contribution in [0.4, 0.5) is 0 Å². The summed E-state index contributed by atoms with van der Waals surface area (Å²) in [5.41, 5.74) is 0.821. The number of ether oxygens (including phenoxy) is 3. The Morgan fingerprint density at radius 3 is 2.00 bits per heavy atom. The van der Waals surface area contributed by atoms with Gasteiger partial charge in [0.2, 0.25) is 0 Å². The van der Waals surface area contributed by atoms with Crippen LogP contribution in [0.15, 0.2) is 9.79 Å². The van der Waals surface area contributed by atoms with E-state index in [-0.39, 0.29) is 18.8 Å². The highest BCUT2D eigenvalue weighted by atomic mass is 32.2. The van der Waals surface area contributed by atoms with E-state index in [0.717, 1.165) is 0 Å². The second kappa shape index (κ2) is 6.79. The van der Waals surface area contributed by atoms with Crippen LogP contribution in [0.5, 0.6) is 11.5 Å². The van der Waals surface area contributed by atoms with E-state index in [4.69, 9.17) is 19.3 Å². The standard InChI is InChI=1S/C17H22O7S2/c1-16(2)23-11-10(15(21)22-7-8(20)5-18)12-14(26-17(3,4)24-12)9(6-19)13(11)25-16/h8,18-20H,5-7H2,1-4H3. The summed E-state index contributed by atoms with van der Waals surface area (Å²) in [6.07, 6.45) is -1.16. The van der Waals surface area contributed by atoms with Gasteiger partial charge in [-0.15, -0.1) is 0 Å². The number of thioether (sulfide) groups is 2. The highest BCUT2D eigenvalue weighted by molar-refractivity contribution is 8.01. The number of esters is 1. The zero-order valence-electron chi connectivity index (χ0n) is 15.0. The van der Waals surface area contributed by atoms with Crippen molar-refractivity contribution in [2.75, 3.05) is 13.2 Å². The van der Waals surface area contributed by atoms with Crippen molar-refractivity contribution in [2.45, 2.75) is 60.1 Å². The SMILES string of the molecule is CC1(C)Oc2c(c(CO)c3c(c2C(=O)OCC(O)CO)OC(C)(C)S3)S1. The van der Waals surface area contributed by atoms with Crippen LogP contribution >= 0.6 is 23.5 Å². The van der Waals surface area contributed by atoms with Crippen molar-refractivity contribution in [1.82, 2.24) is 0 Å². The molecule has 1 atom stereocenters. The van der Waals surface area contributed by atoms with Gasteiger partial charge in [0.25, 0.3) is 0 Å². The van der Waals surface area contributed by atoms with E-state index in [1.165, 1.54) is 23.5 Å². The van der Waals surface area contributed by atoms with Crippen LogP contribution in [-0.4, -0.2) is 50.5 Å². The van der Waals surface area contributed by atoms with Crippen molar-refractivity contribution in [3.8, 4) is 11.5 Å². The van der Waals surface area contributed by atoms with Gasteiger partial charge in [0.1, 0.15) is 18.3 Å². The Bertz CT molecular complexity index is 700. The minimum absolute atomic E-state index is 0.147. The molecule has 144 valence electrons. The van der Waals surface area contributed by atoms with Gasteiger partial charge in [0.15, 0.2) is 21.4 Å². The highest BCUT2D eigenvalue weighted by Crippen LogP contribution is 2.60.